The van der Waals surface area contributed by atoms with Crippen LogP contribution in [-0.2, 0) is 9.47 Å². The largest absolute Gasteiger partial charge is 0.455 e. The van der Waals surface area contributed by atoms with Crippen LogP contribution < -0.4 is 0 Å². The van der Waals surface area contributed by atoms with Gasteiger partial charge in [-0.1, -0.05) is 97.1 Å². The number of para-hydroxylation sites is 2. The van der Waals surface area contributed by atoms with Crippen LogP contribution in [0.15, 0.2) is 111 Å². The van der Waals surface area contributed by atoms with Gasteiger partial charge in [0.25, 0.3) is 0 Å². The number of ether oxygens (including phenoxy) is 2. The Labute approximate surface area is 202 Å². The molecule has 0 aliphatic carbocycles. The Bertz CT molecular complexity index is 1480. The number of hydrogen-bond acceptors (Lipinski definition) is 5. The number of aliphatic imine (C=N–C) groups is 2. The second-order valence-corrected chi connectivity index (χ2v) is 8.76. The second kappa shape index (κ2) is 8.31. The topological polar surface area (TPSA) is 56.3 Å². The van der Waals surface area contributed by atoms with Crippen molar-refractivity contribution in [3.8, 4) is 0 Å². The van der Waals surface area contributed by atoms with Crippen molar-refractivity contribution in [1.29, 1.82) is 0 Å². The molecule has 0 N–H and O–H groups in total. The third-order valence-corrected chi connectivity index (χ3v) is 6.63. The second-order valence-electron chi connectivity index (χ2n) is 8.76. The van der Waals surface area contributed by atoms with Crippen LogP contribution in [0.4, 0.5) is 0 Å². The van der Waals surface area contributed by atoms with E-state index in [0.717, 1.165) is 55.6 Å². The zero-order valence-corrected chi connectivity index (χ0v) is 18.9. The van der Waals surface area contributed by atoms with Gasteiger partial charge in [-0.3, -0.25) is 9.98 Å². The van der Waals surface area contributed by atoms with Crippen molar-refractivity contribution in [3.05, 3.63) is 119 Å². The van der Waals surface area contributed by atoms with Gasteiger partial charge in [0.1, 0.15) is 11.2 Å². The quantitative estimate of drug-likeness (QED) is 0.304. The predicted molar refractivity (Wildman–Crippen MR) is 137 cm³/mol. The van der Waals surface area contributed by atoms with Crippen LogP contribution in [-0.4, -0.2) is 24.6 Å². The van der Waals surface area contributed by atoms with Crippen LogP contribution in [0.25, 0.3) is 21.9 Å². The average molecular weight is 459 g/mol. The van der Waals surface area contributed by atoms with E-state index in [1.165, 1.54) is 0 Å². The normalized spacial score (nSPS) is 19.9. The molecule has 5 aromatic rings. The molecule has 2 atom stereocenters. The molecule has 1 aromatic heterocycles. The Balaban J connectivity index is 1.30. The highest BCUT2D eigenvalue weighted by Gasteiger charge is 2.27. The Morgan fingerprint density at radius 1 is 0.514 bits per heavy atom. The summed E-state index contributed by atoms with van der Waals surface area (Å²) in [6.45, 7) is 0.951. The Kier molecular flexibility index (Phi) is 4.82. The summed E-state index contributed by atoms with van der Waals surface area (Å²) in [6.07, 6.45) is -0.799. The summed E-state index contributed by atoms with van der Waals surface area (Å²) in [5, 5.41) is 2.08. The Hall–Kier alpha value is -4.06. The van der Waals surface area contributed by atoms with Crippen molar-refractivity contribution in [3.63, 3.8) is 0 Å². The molecule has 2 unspecified atom stereocenters. The lowest BCUT2D eigenvalue weighted by atomic mass is 10.1. The maximum absolute atomic E-state index is 6.52. The fourth-order valence-corrected chi connectivity index (χ4v) is 4.90. The SMILES string of the molecule is c1ccc(C2=NC(c3cccc4c3oc3c(C5N=C(c6ccccc6)CO5)cccc34)OC2)cc1. The van der Waals surface area contributed by atoms with Gasteiger partial charge in [-0.15, -0.1) is 0 Å². The van der Waals surface area contributed by atoms with E-state index in [0.29, 0.717) is 13.2 Å². The predicted octanol–water partition coefficient (Wildman–Crippen LogP) is 6.62. The summed E-state index contributed by atoms with van der Waals surface area (Å²) in [6, 6.07) is 32.6. The number of hydrogen-bond donors (Lipinski definition) is 0. The van der Waals surface area contributed by atoms with E-state index >= 15 is 0 Å². The lowest BCUT2D eigenvalue weighted by Crippen LogP contribution is -2.02. The smallest absolute Gasteiger partial charge is 0.178 e. The molecule has 7 rings (SSSR count). The number of nitrogens with zero attached hydrogens (tertiary/aromatic N) is 2. The molecular weight excluding hydrogens is 436 g/mol. The molecule has 170 valence electrons. The standard InChI is InChI=1S/C30H22N2O3/c1-3-9-19(10-4-1)25-17-33-29(31-25)23-15-7-13-21-22-14-8-16-24(28(22)35-27(21)23)30-32-26(18-34-30)20-11-5-2-6-12-20/h1-16,29-30H,17-18H2. The third kappa shape index (κ3) is 3.48. The van der Waals surface area contributed by atoms with Crippen LogP contribution in [0, 0.1) is 0 Å². The highest BCUT2D eigenvalue weighted by Crippen LogP contribution is 2.40. The molecule has 0 saturated heterocycles. The Morgan fingerprint density at radius 3 is 1.43 bits per heavy atom. The van der Waals surface area contributed by atoms with Crippen LogP contribution in [0.5, 0.6) is 0 Å². The molecule has 0 spiro atoms. The minimum atomic E-state index is -0.400. The van der Waals surface area contributed by atoms with Crippen LogP contribution in [0.2, 0.25) is 0 Å². The Morgan fingerprint density at radius 2 is 0.971 bits per heavy atom. The van der Waals surface area contributed by atoms with Gasteiger partial charge in [0, 0.05) is 21.9 Å². The van der Waals surface area contributed by atoms with Crippen molar-refractivity contribution in [2.45, 2.75) is 12.5 Å². The highest BCUT2D eigenvalue weighted by atomic mass is 16.5. The van der Waals surface area contributed by atoms with E-state index in [1.54, 1.807) is 0 Å². The van der Waals surface area contributed by atoms with E-state index < -0.39 is 12.5 Å². The summed E-state index contributed by atoms with van der Waals surface area (Å²) in [4.78, 5) is 9.76. The van der Waals surface area contributed by atoms with Gasteiger partial charge in [-0.05, 0) is 11.1 Å². The van der Waals surface area contributed by atoms with Crippen LogP contribution >= 0.6 is 0 Å². The summed E-state index contributed by atoms with van der Waals surface area (Å²) in [5.41, 5.74) is 7.51. The van der Waals surface area contributed by atoms with Gasteiger partial charge in [0.15, 0.2) is 12.5 Å². The zero-order chi connectivity index (χ0) is 23.2. The molecule has 3 heterocycles. The average Bonchev–Trinajstić information content (AvgIpc) is 3.68. The monoisotopic (exact) mass is 458 g/mol. The summed E-state index contributed by atoms with van der Waals surface area (Å²) < 4.78 is 18.7. The highest BCUT2D eigenvalue weighted by molar-refractivity contribution is 6.08. The minimum Gasteiger partial charge on any atom is -0.455 e. The lowest BCUT2D eigenvalue weighted by molar-refractivity contribution is 0.110. The first-order valence-electron chi connectivity index (χ1n) is 11.8. The molecule has 0 saturated carbocycles. The first-order chi connectivity index (χ1) is 17.3. The molecule has 0 amide bonds. The number of benzene rings is 4. The summed E-state index contributed by atoms with van der Waals surface area (Å²) in [5.74, 6) is 0. The first kappa shape index (κ1) is 20.3. The van der Waals surface area contributed by atoms with Gasteiger partial charge in [-0.25, -0.2) is 0 Å². The van der Waals surface area contributed by atoms with Gasteiger partial charge >= 0.3 is 0 Å². The summed E-state index contributed by atoms with van der Waals surface area (Å²) in [7, 11) is 0. The third-order valence-electron chi connectivity index (χ3n) is 6.63. The van der Waals surface area contributed by atoms with E-state index in [1.807, 2.05) is 60.7 Å². The molecule has 5 heteroatoms. The maximum atomic E-state index is 6.52. The van der Waals surface area contributed by atoms with Crippen molar-refractivity contribution in [1.82, 2.24) is 0 Å². The molecule has 2 aliphatic rings. The van der Waals surface area contributed by atoms with Gasteiger partial charge in [-0.2, -0.15) is 0 Å². The van der Waals surface area contributed by atoms with Crippen molar-refractivity contribution < 1.29 is 13.9 Å². The molecule has 35 heavy (non-hydrogen) atoms. The van der Waals surface area contributed by atoms with E-state index in [4.69, 9.17) is 23.9 Å². The van der Waals surface area contributed by atoms with Crippen molar-refractivity contribution in [2.75, 3.05) is 13.2 Å². The van der Waals surface area contributed by atoms with E-state index in [9.17, 15) is 0 Å². The van der Waals surface area contributed by atoms with Crippen LogP contribution in [0.3, 0.4) is 0 Å². The summed E-state index contributed by atoms with van der Waals surface area (Å²) >= 11 is 0. The number of rotatable bonds is 4. The van der Waals surface area contributed by atoms with Crippen molar-refractivity contribution in [2.24, 2.45) is 9.98 Å². The zero-order valence-electron chi connectivity index (χ0n) is 18.9. The van der Waals surface area contributed by atoms with Crippen LogP contribution in [0.1, 0.15) is 34.7 Å². The number of fused-ring (bicyclic) bond motifs is 3. The molecule has 2 aliphatic heterocycles. The van der Waals surface area contributed by atoms with Gasteiger partial charge < -0.3 is 13.9 Å². The van der Waals surface area contributed by atoms with Gasteiger partial charge in [0.2, 0.25) is 0 Å². The maximum Gasteiger partial charge on any atom is 0.178 e. The molecule has 0 fully saturated rings. The lowest BCUT2D eigenvalue weighted by Gasteiger charge is -2.08. The van der Waals surface area contributed by atoms with Crippen molar-refractivity contribution >= 4 is 33.4 Å². The van der Waals surface area contributed by atoms with E-state index in [-0.39, 0.29) is 0 Å². The first-order valence-corrected chi connectivity index (χ1v) is 11.8. The fraction of sp³-hybridized carbons (Fsp3) is 0.133. The fourth-order valence-electron chi connectivity index (χ4n) is 4.90. The molecule has 4 aromatic carbocycles. The van der Waals surface area contributed by atoms with E-state index in [2.05, 4.69) is 36.4 Å². The molecule has 5 nitrogen and oxygen atoms in total. The molecular formula is C30H22N2O3. The minimum absolute atomic E-state index is 0.400. The van der Waals surface area contributed by atoms with Gasteiger partial charge in [0.05, 0.1) is 24.6 Å². The molecule has 0 radical (unpaired) electrons. The number of furan rings is 1. The molecule has 0 bridgehead atoms.